The molecule has 3 N–H and O–H groups in total. The Kier molecular flexibility index (Phi) is 3.39. The van der Waals surface area contributed by atoms with Gasteiger partial charge in [0.1, 0.15) is 0 Å². The summed E-state index contributed by atoms with van der Waals surface area (Å²) in [6.07, 6.45) is 0. The van der Waals surface area contributed by atoms with Gasteiger partial charge in [0, 0.05) is 0 Å². The molecule has 2 aromatic rings. The molecule has 4 nitrogen and oxygen atoms in total. The second kappa shape index (κ2) is 4.85. The summed E-state index contributed by atoms with van der Waals surface area (Å²) in [4.78, 5) is -0.380. The number of para-hydroxylation sites is 2. The van der Waals surface area contributed by atoms with Gasteiger partial charge in [-0.1, -0.05) is 12.1 Å². The Hall–Kier alpha value is -2.15. The summed E-state index contributed by atoms with van der Waals surface area (Å²) in [5.74, 6) is -2.35. The van der Waals surface area contributed by atoms with Gasteiger partial charge in [-0.25, -0.2) is 17.2 Å². The monoisotopic (exact) mass is 284 g/mol. The number of nitrogens with two attached hydrogens (primary N) is 1. The minimum atomic E-state index is -4.01. The lowest BCUT2D eigenvalue weighted by Crippen LogP contribution is -2.14. The molecule has 0 aliphatic carbocycles. The van der Waals surface area contributed by atoms with Crippen molar-refractivity contribution >= 4 is 21.4 Å². The quantitative estimate of drug-likeness (QED) is 0.850. The van der Waals surface area contributed by atoms with Crippen molar-refractivity contribution < 1.29 is 17.2 Å². The SMILES string of the molecule is Nc1ccccc1NS(=O)(=O)c1ccc(F)c(F)c1. The topological polar surface area (TPSA) is 72.2 Å². The van der Waals surface area contributed by atoms with E-state index >= 15 is 0 Å². The molecule has 0 aliphatic heterocycles. The lowest BCUT2D eigenvalue weighted by atomic mass is 10.3. The molecular weight excluding hydrogens is 274 g/mol. The van der Waals surface area contributed by atoms with Crippen LogP contribution in [-0.2, 0) is 10.0 Å². The summed E-state index contributed by atoms with van der Waals surface area (Å²) in [5, 5.41) is 0. The van der Waals surface area contributed by atoms with E-state index in [1.807, 2.05) is 0 Å². The van der Waals surface area contributed by atoms with Crippen molar-refractivity contribution in [1.82, 2.24) is 0 Å². The van der Waals surface area contributed by atoms with Crippen LogP contribution in [0.4, 0.5) is 20.2 Å². The predicted octanol–water partition coefficient (Wildman–Crippen LogP) is 2.35. The highest BCUT2D eigenvalue weighted by atomic mass is 32.2. The summed E-state index contributed by atoms with van der Waals surface area (Å²) in [5.41, 5.74) is 6.00. The Morgan fingerprint density at radius 3 is 2.32 bits per heavy atom. The first-order chi connectivity index (χ1) is 8.90. The predicted molar refractivity (Wildman–Crippen MR) is 68.0 cm³/mol. The molecule has 19 heavy (non-hydrogen) atoms. The molecule has 7 heteroatoms. The summed E-state index contributed by atoms with van der Waals surface area (Å²) in [6, 6.07) is 8.55. The fraction of sp³-hybridized carbons (Fsp3) is 0. The number of nitrogens with one attached hydrogen (secondary N) is 1. The third-order valence-electron chi connectivity index (χ3n) is 2.41. The van der Waals surface area contributed by atoms with Crippen LogP contribution in [0.2, 0.25) is 0 Å². The largest absolute Gasteiger partial charge is 0.397 e. The van der Waals surface area contributed by atoms with E-state index in [9.17, 15) is 17.2 Å². The van der Waals surface area contributed by atoms with Crippen molar-refractivity contribution in [1.29, 1.82) is 0 Å². The van der Waals surface area contributed by atoms with Crippen LogP contribution in [-0.4, -0.2) is 8.42 Å². The number of sulfonamides is 1. The zero-order valence-corrected chi connectivity index (χ0v) is 10.4. The fourth-order valence-corrected chi connectivity index (χ4v) is 2.54. The van der Waals surface area contributed by atoms with Gasteiger partial charge in [0.15, 0.2) is 11.6 Å². The summed E-state index contributed by atoms with van der Waals surface area (Å²) >= 11 is 0. The van der Waals surface area contributed by atoms with Crippen LogP contribution in [0.3, 0.4) is 0 Å². The van der Waals surface area contributed by atoms with Crippen molar-refractivity contribution in [3.8, 4) is 0 Å². The smallest absolute Gasteiger partial charge is 0.262 e. The molecule has 0 fully saturated rings. The Balaban J connectivity index is 2.38. The molecule has 0 heterocycles. The summed E-state index contributed by atoms with van der Waals surface area (Å²) in [7, 11) is -4.01. The number of nitrogen functional groups attached to an aromatic ring is 1. The third kappa shape index (κ3) is 2.82. The Bertz CT molecular complexity index is 717. The van der Waals surface area contributed by atoms with E-state index in [4.69, 9.17) is 5.73 Å². The molecule has 0 aromatic heterocycles. The van der Waals surface area contributed by atoms with Crippen molar-refractivity contribution in [2.45, 2.75) is 4.90 Å². The Morgan fingerprint density at radius 2 is 1.68 bits per heavy atom. The second-order valence-electron chi connectivity index (χ2n) is 3.77. The second-order valence-corrected chi connectivity index (χ2v) is 5.45. The average Bonchev–Trinajstić information content (AvgIpc) is 2.35. The van der Waals surface area contributed by atoms with Gasteiger partial charge in [-0.15, -0.1) is 0 Å². The number of hydrogen-bond acceptors (Lipinski definition) is 3. The maximum absolute atomic E-state index is 13.0. The van der Waals surface area contributed by atoms with E-state index < -0.39 is 21.7 Å². The molecule has 0 spiro atoms. The molecule has 0 bridgehead atoms. The van der Waals surface area contributed by atoms with Crippen LogP contribution in [0.15, 0.2) is 47.4 Å². The molecule has 0 radical (unpaired) electrons. The van der Waals surface area contributed by atoms with E-state index in [0.717, 1.165) is 12.1 Å². The summed E-state index contributed by atoms with van der Waals surface area (Å²) in [6.45, 7) is 0. The fourth-order valence-electron chi connectivity index (χ4n) is 1.44. The summed E-state index contributed by atoms with van der Waals surface area (Å²) < 4.78 is 51.9. The van der Waals surface area contributed by atoms with Gasteiger partial charge >= 0.3 is 0 Å². The highest BCUT2D eigenvalue weighted by Crippen LogP contribution is 2.22. The van der Waals surface area contributed by atoms with Crippen LogP contribution in [0.5, 0.6) is 0 Å². The van der Waals surface area contributed by atoms with Gasteiger partial charge in [0.05, 0.1) is 16.3 Å². The molecule has 100 valence electrons. The van der Waals surface area contributed by atoms with Crippen molar-refractivity contribution in [3.05, 3.63) is 54.1 Å². The van der Waals surface area contributed by atoms with Gasteiger partial charge in [-0.3, -0.25) is 4.72 Å². The zero-order chi connectivity index (χ0) is 14.0. The standard InChI is InChI=1S/C12H10F2N2O2S/c13-9-6-5-8(7-10(9)14)19(17,18)16-12-4-2-1-3-11(12)15/h1-7,16H,15H2. The molecule has 0 amide bonds. The van der Waals surface area contributed by atoms with Gasteiger partial charge in [0.2, 0.25) is 0 Å². The lowest BCUT2D eigenvalue weighted by Gasteiger charge is -2.10. The number of hydrogen-bond donors (Lipinski definition) is 2. The number of benzene rings is 2. The van der Waals surface area contributed by atoms with Crippen molar-refractivity contribution in [3.63, 3.8) is 0 Å². The highest BCUT2D eigenvalue weighted by molar-refractivity contribution is 7.92. The molecular formula is C12H10F2N2O2S. The van der Waals surface area contributed by atoms with Gasteiger partial charge < -0.3 is 5.73 Å². The molecule has 0 atom stereocenters. The van der Waals surface area contributed by atoms with Gasteiger partial charge in [-0.2, -0.15) is 0 Å². The normalized spacial score (nSPS) is 11.3. The number of halogens is 2. The third-order valence-corrected chi connectivity index (χ3v) is 3.77. The van der Waals surface area contributed by atoms with E-state index in [-0.39, 0.29) is 16.3 Å². The highest BCUT2D eigenvalue weighted by Gasteiger charge is 2.17. The van der Waals surface area contributed by atoms with Crippen LogP contribution < -0.4 is 10.5 Å². The molecule has 2 aromatic carbocycles. The first kappa shape index (κ1) is 13.3. The molecule has 0 unspecified atom stereocenters. The molecule has 0 saturated heterocycles. The molecule has 2 rings (SSSR count). The van der Waals surface area contributed by atoms with Crippen LogP contribution >= 0.6 is 0 Å². The van der Waals surface area contributed by atoms with Crippen LogP contribution in [0.25, 0.3) is 0 Å². The van der Waals surface area contributed by atoms with Crippen LogP contribution in [0, 0.1) is 11.6 Å². The number of rotatable bonds is 3. The molecule has 0 saturated carbocycles. The maximum atomic E-state index is 13.0. The first-order valence-corrected chi connectivity index (χ1v) is 6.71. The van der Waals surface area contributed by atoms with Crippen molar-refractivity contribution in [2.75, 3.05) is 10.5 Å². The minimum Gasteiger partial charge on any atom is -0.397 e. The van der Waals surface area contributed by atoms with Crippen LogP contribution in [0.1, 0.15) is 0 Å². The maximum Gasteiger partial charge on any atom is 0.262 e. The number of anilines is 2. The molecule has 0 aliphatic rings. The van der Waals surface area contributed by atoms with Crippen molar-refractivity contribution in [2.24, 2.45) is 0 Å². The first-order valence-electron chi connectivity index (χ1n) is 5.22. The average molecular weight is 284 g/mol. The van der Waals surface area contributed by atoms with E-state index in [1.54, 1.807) is 12.1 Å². The van der Waals surface area contributed by atoms with E-state index in [0.29, 0.717) is 6.07 Å². The Labute approximate surface area is 108 Å². The lowest BCUT2D eigenvalue weighted by molar-refractivity contribution is 0.504. The van der Waals surface area contributed by atoms with Gasteiger partial charge in [-0.05, 0) is 30.3 Å². The minimum absolute atomic E-state index is 0.173. The Morgan fingerprint density at radius 1 is 1.00 bits per heavy atom. The van der Waals surface area contributed by atoms with E-state index in [2.05, 4.69) is 4.72 Å². The van der Waals surface area contributed by atoms with Gasteiger partial charge in [0.25, 0.3) is 10.0 Å². The van der Waals surface area contributed by atoms with E-state index in [1.165, 1.54) is 12.1 Å². The zero-order valence-electron chi connectivity index (χ0n) is 9.60.